The molecular formula is C9H8I2N2O2. The molecule has 0 saturated carbocycles. The Labute approximate surface area is 114 Å². The van der Waals surface area contributed by atoms with E-state index in [0.717, 1.165) is 12.8 Å². The van der Waals surface area contributed by atoms with E-state index in [0.29, 0.717) is 0 Å². The van der Waals surface area contributed by atoms with Crippen molar-refractivity contribution in [3.05, 3.63) is 25.3 Å². The number of nitrogens with one attached hydrogen (secondary N) is 1. The van der Waals surface area contributed by atoms with E-state index >= 15 is 0 Å². The molecule has 0 aliphatic carbocycles. The smallest absolute Gasteiger partial charge is 0.351 e. The molecule has 0 amide bonds. The summed E-state index contributed by atoms with van der Waals surface area (Å²) in [5, 5.41) is 12.4. The molecule has 0 bridgehead atoms. The zero-order valence-electron chi connectivity index (χ0n) is 7.79. The molecule has 1 aromatic rings. The summed E-state index contributed by atoms with van der Waals surface area (Å²) in [4.78, 5) is 10.5. The Bertz CT molecular complexity index is 419. The topological polar surface area (TPSA) is 61.7 Å². The number of rotatable bonds is 3. The fourth-order valence-corrected chi connectivity index (χ4v) is 1.76. The first-order valence-corrected chi connectivity index (χ1v) is 6.15. The quantitative estimate of drug-likeness (QED) is 0.441. The van der Waals surface area contributed by atoms with Gasteiger partial charge >= 0.3 is 5.97 Å². The molecule has 0 fully saturated rings. The van der Waals surface area contributed by atoms with Gasteiger partial charge in [-0.25, -0.2) is 4.79 Å². The van der Waals surface area contributed by atoms with Crippen molar-refractivity contribution in [2.24, 2.45) is 5.10 Å². The fourth-order valence-electron chi connectivity index (χ4n) is 0.782. The molecule has 80 valence electrons. The first-order chi connectivity index (χ1) is 7.02. The van der Waals surface area contributed by atoms with Gasteiger partial charge in [-0.3, -0.25) is 5.43 Å². The van der Waals surface area contributed by atoms with Crippen molar-refractivity contribution in [2.45, 2.75) is 6.92 Å². The maximum Gasteiger partial charge on any atom is 0.351 e. The molecule has 0 spiro atoms. The SMILES string of the molecule is CC(=NNc1cccc(I)c1I)C(=O)O. The van der Waals surface area contributed by atoms with Crippen LogP contribution < -0.4 is 5.43 Å². The molecule has 0 aliphatic heterocycles. The Morgan fingerprint density at radius 2 is 2.13 bits per heavy atom. The first-order valence-electron chi connectivity index (χ1n) is 4.00. The number of halogens is 2. The molecule has 15 heavy (non-hydrogen) atoms. The molecule has 0 atom stereocenters. The van der Waals surface area contributed by atoms with E-state index in [-0.39, 0.29) is 5.71 Å². The third kappa shape index (κ3) is 3.59. The van der Waals surface area contributed by atoms with Gasteiger partial charge in [0.2, 0.25) is 0 Å². The maximum atomic E-state index is 10.5. The van der Waals surface area contributed by atoms with Crippen molar-refractivity contribution in [1.29, 1.82) is 0 Å². The van der Waals surface area contributed by atoms with Crippen LogP contribution in [-0.2, 0) is 4.79 Å². The highest BCUT2D eigenvalue weighted by Gasteiger charge is 2.04. The van der Waals surface area contributed by atoms with Crippen LogP contribution >= 0.6 is 45.2 Å². The number of anilines is 1. The molecule has 2 N–H and O–H groups in total. The number of carbonyl (C=O) groups is 1. The number of hydrogen-bond donors (Lipinski definition) is 2. The van der Waals surface area contributed by atoms with Crippen LogP contribution in [0.3, 0.4) is 0 Å². The van der Waals surface area contributed by atoms with E-state index in [1.807, 2.05) is 18.2 Å². The summed E-state index contributed by atoms with van der Waals surface area (Å²) in [7, 11) is 0. The zero-order chi connectivity index (χ0) is 11.4. The number of hydrazone groups is 1. The number of nitrogens with zero attached hydrogens (tertiary/aromatic N) is 1. The minimum absolute atomic E-state index is 0.0321. The summed E-state index contributed by atoms with van der Waals surface area (Å²) in [6.07, 6.45) is 0. The molecule has 0 aliphatic rings. The van der Waals surface area contributed by atoms with E-state index in [9.17, 15) is 4.79 Å². The molecule has 1 rings (SSSR count). The normalized spacial score (nSPS) is 11.3. The van der Waals surface area contributed by atoms with Crippen LogP contribution in [0.15, 0.2) is 23.3 Å². The van der Waals surface area contributed by atoms with Gasteiger partial charge < -0.3 is 5.11 Å². The number of aliphatic carboxylic acids is 1. The monoisotopic (exact) mass is 430 g/mol. The number of benzene rings is 1. The van der Waals surface area contributed by atoms with Gasteiger partial charge in [0.1, 0.15) is 5.71 Å². The second-order valence-corrected chi connectivity index (χ2v) is 4.96. The van der Waals surface area contributed by atoms with Crippen LogP contribution in [0.5, 0.6) is 0 Å². The number of hydrogen-bond acceptors (Lipinski definition) is 3. The summed E-state index contributed by atoms with van der Waals surface area (Å²) in [6, 6.07) is 5.71. The predicted molar refractivity (Wildman–Crippen MR) is 76.2 cm³/mol. The Hall–Kier alpha value is -0.380. The van der Waals surface area contributed by atoms with E-state index in [2.05, 4.69) is 55.7 Å². The van der Waals surface area contributed by atoms with Crippen LogP contribution in [0, 0.1) is 7.14 Å². The van der Waals surface area contributed by atoms with Crippen molar-refractivity contribution in [1.82, 2.24) is 0 Å². The lowest BCUT2D eigenvalue weighted by Gasteiger charge is -2.05. The number of carboxylic acids is 1. The summed E-state index contributed by atoms with van der Waals surface area (Å²) in [6.45, 7) is 1.44. The van der Waals surface area contributed by atoms with Gasteiger partial charge in [-0.15, -0.1) is 0 Å². The van der Waals surface area contributed by atoms with Crippen LogP contribution in [-0.4, -0.2) is 16.8 Å². The van der Waals surface area contributed by atoms with Crippen molar-refractivity contribution in [3.8, 4) is 0 Å². The van der Waals surface area contributed by atoms with Gasteiger partial charge in [-0.1, -0.05) is 6.07 Å². The molecule has 0 unspecified atom stereocenters. The van der Waals surface area contributed by atoms with Crippen molar-refractivity contribution < 1.29 is 9.90 Å². The Kier molecular flexibility index (Phi) is 4.77. The van der Waals surface area contributed by atoms with E-state index in [1.165, 1.54) is 6.92 Å². The van der Waals surface area contributed by atoms with Crippen molar-refractivity contribution in [3.63, 3.8) is 0 Å². The lowest BCUT2D eigenvalue weighted by Crippen LogP contribution is -2.10. The van der Waals surface area contributed by atoms with Crippen molar-refractivity contribution >= 4 is 62.6 Å². The summed E-state index contributed by atoms with van der Waals surface area (Å²) in [5.74, 6) is -1.02. The van der Waals surface area contributed by atoms with E-state index in [1.54, 1.807) is 0 Å². The molecule has 0 heterocycles. The lowest BCUT2D eigenvalue weighted by atomic mass is 10.3. The molecule has 0 radical (unpaired) electrons. The molecular weight excluding hydrogens is 422 g/mol. The van der Waals surface area contributed by atoms with E-state index in [4.69, 9.17) is 5.11 Å². The molecule has 1 aromatic carbocycles. The average molecular weight is 430 g/mol. The zero-order valence-corrected chi connectivity index (χ0v) is 12.1. The minimum atomic E-state index is -1.02. The third-order valence-electron chi connectivity index (χ3n) is 1.61. The molecule has 0 saturated heterocycles. The minimum Gasteiger partial charge on any atom is -0.477 e. The van der Waals surface area contributed by atoms with Crippen LogP contribution in [0.25, 0.3) is 0 Å². The fraction of sp³-hybridized carbons (Fsp3) is 0.111. The predicted octanol–water partition coefficient (Wildman–Crippen LogP) is 2.77. The van der Waals surface area contributed by atoms with Gasteiger partial charge in [0.15, 0.2) is 0 Å². The Morgan fingerprint density at radius 1 is 1.47 bits per heavy atom. The van der Waals surface area contributed by atoms with Gasteiger partial charge in [-0.05, 0) is 64.2 Å². The second-order valence-electron chi connectivity index (χ2n) is 2.72. The summed E-state index contributed by atoms with van der Waals surface area (Å²) in [5.41, 5.74) is 3.57. The molecule has 4 nitrogen and oxygen atoms in total. The highest BCUT2D eigenvalue weighted by atomic mass is 127. The van der Waals surface area contributed by atoms with Gasteiger partial charge in [0, 0.05) is 3.57 Å². The third-order valence-corrected chi connectivity index (χ3v) is 4.70. The Morgan fingerprint density at radius 3 is 2.73 bits per heavy atom. The van der Waals surface area contributed by atoms with Gasteiger partial charge in [-0.2, -0.15) is 5.10 Å². The Balaban J connectivity index is 2.87. The first kappa shape index (κ1) is 12.7. The standard InChI is InChI=1S/C9H8I2N2O2/c1-5(9(14)15)12-13-7-4-2-3-6(10)8(7)11/h2-4,13H,1H3,(H,14,15). The average Bonchev–Trinajstić information content (AvgIpc) is 2.19. The molecule has 6 heteroatoms. The van der Waals surface area contributed by atoms with Gasteiger partial charge in [0.05, 0.1) is 9.26 Å². The van der Waals surface area contributed by atoms with E-state index < -0.39 is 5.97 Å². The second kappa shape index (κ2) is 5.64. The molecule has 0 aromatic heterocycles. The maximum absolute atomic E-state index is 10.5. The highest BCUT2D eigenvalue weighted by molar-refractivity contribution is 14.1. The van der Waals surface area contributed by atoms with Crippen LogP contribution in [0.4, 0.5) is 5.69 Å². The largest absolute Gasteiger partial charge is 0.477 e. The highest BCUT2D eigenvalue weighted by Crippen LogP contribution is 2.23. The van der Waals surface area contributed by atoms with Crippen molar-refractivity contribution in [2.75, 3.05) is 5.43 Å². The number of carboxylic acid groups (broad SMARTS) is 1. The van der Waals surface area contributed by atoms with Crippen LogP contribution in [0.1, 0.15) is 6.92 Å². The van der Waals surface area contributed by atoms with Crippen LogP contribution in [0.2, 0.25) is 0 Å². The summed E-state index contributed by atoms with van der Waals surface area (Å²) >= 11 is 4.39. The summed E-state index contributed by atoms with van der Waals surface area (Å²) < 4.78 is 2.12. The lowest BCUT2D eigenvalue weighted by molar-refractivity contribution is -0.129. The van der Waals surface area contributed by atoms with Gasteiger partial charge in [0.25, 0.3) is 0 Å².